The number of carbonyl (C=O) groups is 1. The van der Waals surface area contributed by atoms with Crippen LogP contribution < -0.4 is 0 Å². The van der Waals surface area contributed by atoms with Crippen molar-refractivity contribution < 1.29 is 4.79 Å². The third-order valence-electron chi connectivity index (χ3n) is 4.45. The predicted molar refractivity (Wildman–Crippen MR) is 73.4 cm³/mol. The highest BCUT2D eigenvalue weighted by Crippen LogP contribution is 2.39. The van der Waals surface area contributed by atoms with E-state index >= 15 is 0 Å². The van der Waals surface area contributed by atoms with Crippen molar-refractivity contribution in [1.82, 2.24) is 24.4 Å². The Morgan fingerprint density at radius 2 is 2.20 bits per heavy atom. The summed E-state index contributed by atoms with van der Waals surface area (Å²) >= 11 is 0. The van der Waals surface area contributed by atoms with Gasteiger partial charge < -0.3 is 9.80 Å². The van der Waals surface area contributed by atoms with Crippen LogP contribution in [0.4, 0.5) is 0 Å². The second kappa shape index (κ2) is 4.02. The van der Waals surface area contributed by atoms with Crippen molar-refractivity contribution in [3.05, 3.63) is 30.2 Å². The third kappa shape index (κ3) is 1.64. The number of likely N-dealkylation sites (tertiary alicyclic amines) is 2. The van der Waals surface area contributed by atoms with Gasteiger partial charge in [-0.05, 0) is 19.5 Å². The fraction of sp³-hybridized carbons (Fsp3) is 0.500. The Morgan fingerprint density at radius 1 is 1.35 bits per heavy atom. The lowest BCUT2D eigenvalue weighted by molar-refractivity contribution is 0.0294. The number of nitrogens with zero attached hydrogens (tertiary/aromatic N) is 5. The Labute approximate surface area is 117 Å². The lowest BCUT2D eigenvalue weighted by Gasteiger charge is -2.46. The normalized spacial score (nSPS) is 21.6. The number of amides is 1. The van der Waals surface area contributed by atoms with Crippen LogP contribution in [0.1, 0.15) is 16.8 Å². The van der Waals surface area contributed by atoms with Gasteiger partial charge in [0.25, 0.3) is 5.91 Å². The van der Waals surface area contributed by atoms with E-state index < -0.39 is 0 Å². The van der Waals surface area contributed by atoms with Crippen LogP contribution in [0.15, 0.2) is 24.7 Å². The first-order valence-corrected chi connectivity index (χ1v) is 6.93. The van der Waals surface area contributed by atoms with Crippen LogP contribution in [-0.4, -0.2) is 63.5 Å². The molecule has 0 aliphatic carbocycles. The van der Waals surface area contributed by atoms with E-state index in [1.54, 1.807) is 16.9 Å². The van der Waals surface area contributed by atoms with E-state index in [0.29, 0.717) is 16.6 Å². The van der Waals surface area contributed by atoms with Crippen LogP contribution >= 0.6 is 0 Å². The highest BCUT2D eigenvalue weighted by Gasteiger charge is 2.47. The average molecular weight is 271 g/mol. The molecule has 1 amide bonds. The molecule has 4 rings (SSSR count). The topological polar surface area (TPSA) is 53.7 Å². The summed E-state index contributed by atoms with van der Waals surface area (Å²) in [5.74, 6) is 0.0603. The second-order valence-corrected chi connectivity index (χ2v) is 6.10. The van der Waals surface area contributed by atoms with E-state index in [2.05, 4.69) is 22.0 Å². The zero-order valence-corrected chi connectivity index (χ0v) is 11.5. The van der Waals surface area contributed by atoms with Gasteiger partial charge in [0.2, 0.25) is 0 Å². The summed E-state index contributed by atoms with van der Waals surface area (Å²) in [5, 5.41) is 4.19. The first-order valence-electron chi connectivity index (χ1n) is 6.93. The van der Waals surface area contributed by atoms with Crippen molar-refractivity contribution in [3.63, 3.8) is 0 Å². The van der Waals surface area contributed by atoms with Crippen molar-refractivity contribution >= 4 is 11.6 Å². The standard InChI is InChI=1S/C14H17N5O/c1-17-8-14(9-17)3-6-18(10-14)13(20)11-7-16-19-5-2-4-15-12(11)19/h2,4-5,7H,3,6,8-10H2,1H3. The molecule has 0 N–H and O–H groups in total. The molecule has 0 aromatic carbocycles. The van der Waals surface area contributed by atoms with E-state index in [9.17, 15) is 4.79 Å². The van der Waals surface area contributed by atoms with Gasteiger partial charge in [-0.3, -0.25) is 4.79 Å². The summed E-state index contributed by atoms with van der Waals surface area (Å²) in [6.07, 6.45) is 6.24. The number of carbonyl (C=O) groups excluding carboxylic acids is 1. The van der Waals surface area contributed by atoms with Crippen LogP contribution in [0.3, 0.4) is 0 Å². The quantitative estimate of drug-likeness (QED) is 0.758. The lowest BCUT2D eigenvalue weighted by atomic mass is 9.79. The van der Waals surface area contributed by atoms with Gasteiger partial charge in [0.15, 0.2) is 5.65 Å². The molecule has 2 fully saturated rings. The second-order valence-electron chi connectivity index (χ2n) is 6.10. The Kier molecular flexibility index (Phi) is 2.38. The molecule has 0 radical (unpaired) electrons. The molecule has 0 atom stereocenters. The van der Waals surface area contributed by atoms with Crippen LogP contribution in [-0.2, 0) is 0 Å². The summed E-state index contributed by atoms with van der Waals surface area (Å²) in [5.41, 5.74) is 1.58. The minimum atomic E-state index is 0.0603. The molecule has 1 spiro atoms. The van der Waals surface area contributed by atoms with Crippen LogP contribution in [0, 0.1) is 5.41 Å². The van der Waals surface area contributed by atoms with Crippen molar-refractivity contribution in [1.29, 1.82) is 0 Å². The minimum absolute atomic E-state index is 0.0603. The maximum absolute atomic E-state index is 12.7. The Hall–Kier alpha value is -1.95. The van der Waals surface area contributed by atoms with Gasteiger partial charge >= 0.3 is 0 Å². The summed E-state index contributed by atoms with van der Waals surface area (Å²) in [6, 6.07) is 1.81. The smallest absolute Gasteiger partial charge is 0.259 e. The van der Waals surface area contributed by atoms with Gasteiger partial charge in [0, 0.05) is 44.0 Å². The summed E-state index contributed by atoms with van der Waals surface area (Å²) < 4.78 is 1.65. The maximum atomic E-state index is 12.7. The Morgan fingerprint density at radius 3 is 3.00 bits per heavy atom. The van der Waals surface area contributed by atoms with Crippen molar-refractivity contribution in [3.8, 4) is 0 Å². The number of hydrogen-bond acceptors (Lipinski definition) is 4. The molecule has 2 saturated heterocycles. The zero-order valence-electron chi connectivity index (χ0n) is 11.5. The number of rotatable bonds is 1. The van der Waals surface area contributed by atoms with Crippen molar-refractivity contribution in [2.45, 2.75) is 6.42 Å². The van der Waals surface area contributed by atoms with E-state index in [1.165, 1.54) is 0 Å². The lowest BCUT2D eigenvalue weighted by Crippen LogP contribution is -2.55. The molecule has 0 unspecified atom stereocenters. The number of fused-ring (bicyclic) bond motifs is 1. The fourth-order valence-corrected chi connectivity index (χ4v) is 3.61. The first kappa shape index (κ1) is 11.8. The maximum Gasteiger partial charge on any atom is 0.259 e. The molecule has 2 aliphatic rings. The Bertz CT molecular complexity index is 673. The van der Waals surface area contributed by atoms with Crippen molar-refractivity contribution in [2.75, 3.05) is 33.2 Å². The molecule has 2 aromatic heterocycles. The predicted octanol–water partition coefficient (Wildman–Crippen LogP) is 0.507. The molecule has 2 aliphatic heterocycles. The van der Waals surface area contributed by atoms with Gasteiger partial charge in [-0.25, -0.2) is 9.50 Å². The SMILES string of the molecule is CN1CC2(CCN(C(=O)c3cnn4cccnc34)C2)C1. The largest absolute Gasteiger partial charge is 0.338 e. The van der Waals surface area contributed by atoms with Crippen molar-refractivity contribution in [2.24, 2.45) is 5.41 Å². The highest BCUT2D eigenvalue weighted by molar-refractivity contribution is 5.99. The summed E-state index contributed by atoms with van der Waals surface area (Å²) in [7, 11) is 2.13. The molecule has 6 nitrogen and oxygen atoms in total. The van der Waals surface area contributed by atoms with Crippen LogP contribution in [0.2, 0.25) is 0 Å². The summed E-state index contributed by atoms with van der Waals surface area (Å²) in [4.78, 5) is 21.2. The molecule has 0 bridgehead atoms. The van der Waals surface area contributed by atoms with Crippen LogP contribution in [0.25, 0.3) is 5.65 Å². The average Bonchev–Trinajstić information content (AvgIpc) is 3.02. The minimum Gasteiger partial charge on any atom is -0.338 e. The monoisotopic (exact) mass is 271 g/mol. The van der Waals surface area contributed by atoms with E-state index in [-0.39, 0.29) is 5.91 Å². The molecule has 2 aromatic rings. The van der Waals surface area contributed by atoms with E-state index in [1.807, 2.05) is 17.2 Å². The molecule has 20 heavy (non-hydrogen) atoms. The first-order chi connectivity index (χ1) is 9.67. The highest BCUT2D eigenvalue weighted by atomic mass is 16.2. The van der Waals surface area contributed by atoms with Gasteiger partial charge in [-0.1, -0.05) is 0 Å². The van der Waals surface area contributed by atoms with Gasteiger partial charge in [-0.15, -0.1) is 0 Å². The molecular weight excluding hydrogens is 254 g/mol. The molecule has 6 heteroatoms. The van der Waals surface area contributed by atoms with Gasteiger partial charge in [-0.2, -0.15) is 5.10 Å². The van der Waals surface area contributed by atoms with Gasteiger partial charge in [0.1, 0.15) is 5.56 Å². The van der Waals surface area contributed by atoms with E-state index in [4.69, 9.17) is 0 Å². The molecule has 0 saturated carbocycles. The molecule has 104 valence electrons. The van der Waals surface area contributed by atoms with E-state index in [0.717, 1.165) is 32.6 Å². The third-order valence-corrected chi connectivity index (χ3v) is 4.45. The molecule has 4 heterocycles. The molecular formula is C14H17N5O. The van der Waals surface area contributed by atoms with Crippen LogP contribution in [0.5, 0.6) is 0 Å². The Balaban J connectivity index is 1.59. The number of aromatic nitrogens is 3. The fourth-order valence-electron chi connectivity index (χ4n) is 3.61. The zero-order chi connectivity index (χ0) is 13.7. The summed E-state index contributed by atoms with van der Waals surface area (Å²) in [6.45, 7) is 3.91. The van der Waals surface area contributed by atoms with Gasteiger partial charge in [0.05, 0.1) is 6.20 Å². The number of hydrogen-bond donors (Lipinski definition) is 0.